The molecule has 1 N–H and O–H groups in total. The van der Waals surface area contributed by atoms with Gasteiger partial charge in [-0.3, -0.25) is 0 Å². The molecule has 0 aliphatic heterocycles. The van der Waals surface area contributed by atoms with E-state index in [0.29, 0.717) is 6.04 Å². The second-order valence-corrected chi connectivity index (χ2v) is 4.27. The molecular formula is C13H19N3. The van der Waals surface area contributed by atoms with Crippen LogP contribution in [-0.2, 0) is 0 Å². The zero-order chi connectivity index (χ0) is 11.2. The van der Waals surface area contributed by atoms with E-state index in [1.165, 1.54) is 37.7 Å². The molecule has 86 valence electrons. The van der Waals surface area contributed by atoms with Gasteiger partial charge in [0, 0.05) is 18.0 Å². The summed E-state index contributed by atoms with van der Waals surface area (Å²) in [5.41, 5.74) is 2.66. The Morgan fingerprint density at radius 2 is 2.00 bits per heavy atom. The number of aromatic nitrogens is 2. The molecule has 0 saturated carbocycles. The number of nitrogens with one attached hydrogen (secondary N) is 1. The van der Waals surface area contributed by atoms with Crippen molar-refractivity contribution in [1.29, 1.82) is 0 Å². The van der Waals surface area contributed by atoms with Crippen LogP contribution in [0, 0.1) is 0 Å². The molecule has 3 heteroatoms. The second-order valence-electron chi connectivity index (χ2n) is 4.27. The molecular weight excluding hydrogens is 198 g/mol. The van der Waals surface area contributed by atoms with Crippen LogP contribution >= 0.6 is 0 Å². The fourth-order valence-electron chi connectivity index (χ4n) is 2.33. The second kappa shape index (κ2) is 5.75. The van der Waals surface area contributed by atoms with Gasteiger partial charge in [0.05, 0.1) is 6.04 Å². The van der Waals surface area contributed by atoms with Crippen molar-refractivity contribution < 1.29 is 0 Å². The summed E-state index contributed by atoms with van der Waals surface area (Å²) in [6, 6.07) is 0.291. The van der Waals surface area contributed by atoms with Gasteiger partial charge in [0.25, 0.3) is 0 Å². The minimum atomic E-state index is 0.291. The topological polar surface area (TPSA) is 37.8 Å². The van der Waals surface area contributed by atoms with Gasteiger partial charge in [-0.25, -0.2) is 9.97 Å². The van der Waals surface area contributed by atoms with Gasteiger partial charge in [-0.2, -0.15) is 0 Å². The highest BCUT2D eigenvalue weighted by atomic mass is 14.9. The van der Waals surface area contributed by atoms with E-state index in [-0.39, 0.29) is 0 Å². The zero-order valence-electron chi connectivity index (χ0n) is 9.82. The van der Waals surface area contributed by atoms with Crippen molar-refractivity contribution >= 4 is 0 Å². The summed E-state index contributed by atoms with van der Waals surface area (Å²) in [4.78, 5) is 8.19. The predicted octanol–water partition coefficient (Wildman–Crippen LogP) is 2.63. The first-order valence-corrected chi connectivity index (χ1v) is 6.03. The molecule has 0 amide bonds. The summed E-state index contributed by atoms with van der Waals surface area (Å²) >= 11 is 0. The number of likely N-dealkylation sites (N-methyl/N-ethyl adjacent to an activating group) is 1. The Balaban J connectivity index is 2.18. The van der Waals surface area contributed by atoms with E-state index in [0.717, 1.165) is 5.56 Å². The van der Waals surface area contributed by atoms with E-state index in [4.69, 9.17) is 0 Å². The van der Waals surface area contributed by atoms with Crippen LogP contribution in [0.2, 0.25) is 0 Å². The van der Waals surface area contributed by atoms with Gasteiger partial charge in [0.1, 0.15) is 6.33 Å². The van der Waals surface area contributed by atoms with Crippen LogP contribution in [0.3, 0.4) is 0 Å². The minimum Gasteiger partial charge on any atom is -0.310 e. The van der Waals surface area contributed by atoms with Crippen LogP contribution in [-0.4, -0.2) is 17.0 Å². The summed E-state index contributed by atoms with van der Waals surface area (Å²) < 4.78 is 0. The van der Waals surface area contributed by atoms with Gasteiger partial charge in [-0.05, 0) is 32.7 Å². The lowest BCUT2D eigenvalue weighted by molar-refractivity contribution is 0.624. The first-order chi connectivity index (χ1) is 7.92. The Labute approximate surface area is 97.0 Å². The zero-order valence-corrected chi connectivity index (χ0v) is 9.82. The van der Waals surface area contributed by atoms with Gasteiger partial charge in [-0.1, -0.05) is 18.1 Å². The molecule has 1 unspecified atom stereocenters. The summed E-state index contributed by atoms with van der Waals surface area (Å²) in [5.74, 6) is 0. The predicted molar refractivity (Wildman–Crippen MR) is 65.0 cm³/mol. The number of rotatable bonds is 3. The van der Waals surface area contributed by atoms with Crippen LogP contribution in [0.1, 0.15) is 43.7 Å². The highest BCUT2D eigenvalue weighted by Gasteiger charge is 2.15. The van der Waals surface area contributed by atoms with Crippen LogP contribution in [0.15, 0.2) is 30.4 Å². The first kappa shape index (κ1) is 11.3. The Morgan fingerprint density at radius 3 is 2.75 bits per heavy atom. The Bertz CT molecular complexity index is 345. The van der Waals surface area contributed by atoms with Crippen LogP contribution < -0.4 is 5.32 Å². The van der Waals surface area contributed by atoms with E-state index in [2.05, 4.69) is 21.4 Å². The molecule has 1 aromatic rings. The smallest absolute Gasteiger partial charge is 0.115 e. The Hall–Kier alpha value is -1.22. The number of allylic oxidation sites excluding steroid dienone is 1. The maximum absolute atomic E-state index is 4.09. The van der Waals surface area contributed by atoms with E-state index in [1.807, 2.05) is 19.4 Å². The van der Waals surface area contributed by atoms with E-state index in [1.54, 1.807) is 6.33 Å². The van der Waals surface area contributed by atoms with Gasteiger partial charge >= 0.3 is 0 Å². The van der Waals surface area contributed by atoms with Crippen molar-refractivity contribution in [2.45, 2.75) is 38.1 Å². The van der Waals surface area contributed by atoms with Crippen molar-refractivity contribution in [1.82, 2.24) is 15.3 Å². The van der Waals surface area contributed by atoms with Crippen LogP contribution in [0.25, 0.3) is 0 Å². The summed E-state index contributed by atoms with van der Waals surface area (Å²) in [5, 5.41) is 3.37. The monoisotopic (exact) mass is 217 g/mol. The average Bonchev–Trinajstić information content (AvgIpc) is 2.61. The van der Waals surface area contributed by atoms with Gasteiger partial charge in [-0.15, -0.1) is 0 Å². The van der Waals surface area contributed by atoms with Crippen molar-refractivity contribution in [2.24, 2.45) is 0 Å². The molecule has 1 aliphatic rings. The lowest BCUT2D eigenvalue weighted by Crippen LogP contribution is -2.19. The molecule has 1 aliphatic carbocycles. The minimum absolute atomic E-state index is 0.291. The Morgan fingerprint density at radius 1 is 1.19 bits per heavy atom. The maximum Gasteiger partial charge on any atom is 0.115 e. The van der Waals surface area contributed by atoms with Gasteiger partial charge < -0.3 is 5.32 Å². The normalized spacial score (nSPS) is 18.7. The average molecular weight is 217 g/mol. The Kier molecular flexibility index (Phi) is 4.05. The first-order valence-electron chi connectivity index (χ1n) is 6.03. The third-order valence-electron chi connectivity index (χ3n) is 3.15. The fraction of sp³-hybridized carbons (Fsp3) is 0.538. The molecule has 1 aromatic heterocycles. The number of hydrogen-bond acceptors (Lipinski definition) is 3. The van der Waals surface area contributed by atoms with Crippen LogP contribution in [0.4, 0.5) is 0 Å². The largest absolute Gasteiger partial charge is 0.310 e. The third kappa shape index (κ3) is 2.67. The lowest BCUT2D eigenvalue weighted by atomic mass is 9.97. The third-order valence-corrected chi connectivity index (χ3v) is 3.15. The molecule has 0 saturated heterocycles. The van der Waals surface area contributed by atoms with Crippen LogP contribution in [0.5, 0.6) is 0 Å². The molecule has 16 heavy (non-hydrogen) atoms. The standard InChI is InChI=1S/C13H19N3/c1-14-13(12-8-15-10-16-9-12)11-6-4-2-3-5-7-11/h6,8-10,13-14H,2-5,7H2,1H3. The molecule has 3 nitrogen and oxygen atoms in total. The summed E-state index contributed by atoms with van der Waals surface area (Å²) in [7, 11) is 2.00. The van der Waals surface area contributed by atoms with Gasteiger partial charge in [0.2, 0.25) is 0 Å². The van der Waals surface area contributed by atoms with Crippen molar-refractivity contribution in [3.8, 4) is 0 Å². The van der Waals surface area contributed by atoms with Gasteiger partial charge in [0.15, 0.2) is 0 Å². The molecule has 0 spiro atoms. The summed E-state index contributed by atoms with van der Waals surface area (Å²) in [6.07, 6.45) is 14.2. The van der Waals surface area contributed by atoms with Crippen molar-refractivity contribution in [2.75, 3.05) is 7.05 Å². The quantitative estimate of drug-likeness (QED) is 0.791. The van der Waals surface area contributed by atoms with E-state index < -0.39 is 0 Å². The van der Waals surface area contributed by atoms with Crippen molar-refractivity contribution in [3.63, 3.8) is 0 Å². The molecule has 0 radical (unpaired) electrons. The van der Waals surface area contributed by atoms with Crippen molar-refractivity contribution in [3.05, 3.63) is 35.9 Å². The molecule has 1 heterocycles. The molecule has 0 aromatic carbocycles. The molecule has 0 fully saturated rings. The molecule has 1 atom stereocenters. The number of nitrogens with zero attached hydrogens (tertiary/aromatic N) is 2. The molecule has 0 bridgehead atoms. The number of hydrogen-bond donors (Lipinski definition) is 1. The fourth-order valence-corrected chi connectivity index (χ4v) is 2.33. The highest BCUT2D eigenvalue weighted by molar-refractivity contribution is 5.24. The maximum atomic E-state index is 4.09. The highest BCUT2D eigenvalue weighted by Crippen LogP contribution is 2.28. The SMILES string of the molecule is CNC(C1=CCCCCC1)c1cncnc1. The van der Waals surface area contributed by atoms with E-state index >= 15 is 0 Å². The summed E-state index contributed by atoms with van der Waals surface area (Å²) in [6.45, 7) is 0. The van der Waals surface area contributed by atoms with E-state index in [9.17, 15) is 0 Å². The molecule has 2 rings (SSSR count). The lowest BCUT2D eigenvalue weighted by Gasteiger charge is -2.19.